The van der Waals surface area contributed by atoms with E-state index < -0.39 is 0 Å². The van der Waals surface area contributed by atoms with Gasteiger partial charge in [0.05, 0.1) is 23.9 Å². The van der Waals surface area contributed by atoms with E-state index in [1.54, 1.807) is 18.2 Å². The first-order valence-corrected chi connectivity index (χ1v) is 8.11. The molecule has 6 nitrogen and oxygen atoms in total. The summed E-state index contributed by atoms with van der Waals surface area (Å²) in [5, 5.41) is 16.9. The highest BCUT2D eigenvalue weighted by Crippen LogP contribution is 2.36. The Morgan fingerprint density at radius 3 is 2.96 bits per heavy atom. The number of nitriles is 1. The van der Waals surface area contributed by atoms with Gasteiger partial charge in [-0.05, 0) is 58.6 Å². The van der Waals surface area contributed by atoms with Crippen LogP contribution in [0.2, 0.25) is 0 Å². The number of nitrogen functional groups attached to an aromatic ring is 1. The van der Waals surface area contributed by atoms with E-state index >= 15 is 0 Å². The number of aryl methyl sites for hydroxylation is 1. The summed E-state index contributed by atoms with van der Waals surface area (Å²) in [6.45, 7) is 0. The Hall–Kier alpha value is -2.59. The number of hydrogen-bond donors (Lipinski definition) is 2. The number of nitrogens with two attached hydrogens (primary N) is 1. The van der Waals surface area contributed by atoms with Crippen LogP contribution in [0.3, 0.4) is 0 Å². The van der Waals surface area contributed by atoms with E-state index in [-0.39, 0.29) is 12.0 Å². The van der Waals surface area contributed by atoms with Crippen LogP contribution < -0.4 is 10.5 Å². The summed E-state index contributed by atoms with van der Waals surface area (Å²) in [6.07, 6.45) is 1.40. The second-order valence-corrected chi connectivity index (χ2v) is 6.16. The Morgan fingerprint density at radius 1 is 1.46 bits per heavy atom. The Morgan fingerprint density at radius 2 is 2.25 bits per heavy atom. The van der Waals surface area contributed by atoms with Crippen LogP contribution in [0.1, 0.15) is 34.9 Å². The highest BCUT2D eigenvalue weighted by atomic mass is 79.9. The van der Waals surface area contributed by atoms with Crippen LogP contribution in [-0.4, -0.2) is 18.0 Å². The summed E-state index contributed by atoms with van der Waals surface area (Å²) in [7, 11) is 1.43. The quantitative estimate of drug-likeness (QED) is 0.364. The fourth-order valence-corrected chi connectivity index (χ4v) is 3.11. The molecule has 0 aliphatic heterocycles. The molecule has 0 amide bonds. The predicted octanol–water partition coefficient (Wildman–Crippen LogP) is 3.34. The molecule has 1 aliphatic rings. The van der Waals surface area contributed by atoms with Gasteiger partial charge < -0.3 is 15.2 Å². The molecule has 2 aromatic rings. The molecular formula is C17H15BrN4O2. The number of rotatable bonds is 3. The van der Waals surface area contributed by atoms with Gasteiger partial charge in [-0.3, -0.25) is 5.41 Å². The average Bonchev–Trinajstić information content (AvgIpc) is 2.96. The fourth-order valence-electron chi connectivity index (χ4n) is 2.72. The maximum absolute atomic E-state index is 9.09. The number of aromatic nitrogens is 1. The lowest BCUT2D eigenvalue weighted by Gasteiger charge is -2.16. The first kappa shape index (κ1) is 16.3. The molecule has 0 bridgehead atoms. The molecule has 122 valence electrons. The predicted molar refractivity (Wildman–Crippen MR) is 93.0 cm³/mol. The molecule has 3 N–H and O–H groups in total. The third-order valence-electron chi connectivity index (χ3n) is 3.94. The first-order chi connectivity index (χ1) is 11.5. The van der Waals surface area contributed by atoms with Crippen LogP contribution in [0.25, 0.3) is 0 Å². The SMILES string of the molecule is COC(=N)c1cc(OC2CCc3cc(C#N)c(Br)nc32)ccc1N. The molecule has 0 fully saturated rings. The van der Waals surface area contributed by atoms with Crippen LogP contribution in [0, 0.1) is 16.7 Å². The Balaban J connectivity index is 1.89. The molecule has 0 saturated heterocycles. The molecule has 1 atom stereocenters. The molecule has 1 aromatic heterocycles. The number of hydrogen-bond acceptors (Lipinski definition) is 6. The molecular weight excluding hydrogens is 372 g/mol. The average molecular weight is 387 g/mol. The number of nitrogens with zero attached hydrogens (tertiary/aromatic N) is 2. The van der Waals surface area contributed by atoms with Crippen molar-refractivity contribution in [2.75, 3.05) is 12.8 Å². The lowest BCUT2D eigenvalue weighted by molar-refractivity contribution is 0.203. The summed E-state index contributed by atoms with van der Waals surface area (Å²) < 4.78 is 11.5. The van der Waals surface area contributed by atoms with E-state index in [9.17, 15) is 0 Å². The maximum Gasteiger partial charge on any atom is 0.215 e. The van der Waals surface area contributed by atoms with Gasteiger partial charge in [-0.25, -0.2) is 4.98 Å². The Labute approximate surface area is 147 Å². The fraction of sp³-hybridized carbons (Fsp3) is 0.235. The van der Waals surface area contributed by atoms with Gasteiger partial charge >= 0.3 is 0 Å². The maximum atomic E-state index is 9.09. The molecule has 1 unspecified atom stereocenters. The third-order valence-corrected chi connectivity index (χ3v) is 4.55. The standard InChI is InChI=1S/C17H15BrN4O2/c1-23-17(21)12-7-11(3-4-13(12)20)24-14-5-2-9-6-10(8-19)16(18)22-15(9)14/h3-4,6-7,14,21H,2,5,20H2,1H3. The summed E-state index contributed by atoms with van der Waals surface area (Å²) in [6, 6.07) is 9.12. The number of fused-ring (bicyclic) bond motifs is 1. The molecule has 7 heteroatoms. The smallest absolute Gasteiger partial charge is 0.215 e. The van der Waals surface area contributed by atoms with E-state index in [1.165, 1.54) is 7.11 Å². The molecule has 24 heavy (non-hydrogen) atoms. The van der Waals surface area contributed by atoms with Crippen molar-refractivity contribution in [3.05, 3.63) is 51.3 Å². The van der Waals surface area contributed by atoms with Crippen molar-refractivity contribution in [1.82, 2.24) is 4.98 Å². The largest absolute Gasteiger partial charge is 0.484 e. The zero-order valence-electron chi connectivity index (χ0n) is 13.0. The number of pyridine rings is 1. The Kier molecular flexibility index (Phi) is 4.40. The topological polar surface area (TPSA) is 105 Å². The highest BCUT2D eigenvalue weighted by molar-refractivity contribution is 9.10. The van der Waals surface area contributed by atoms with E-state index in [0.717, 1.165) is 24.1 Å². The van der Waals surface area contributed by atoms with Crippen LogP contribution >= 0.6 is 15.9 Å². The van der Waals surface area contributed by atoms with E-state index in [0.29, 0.717) is 27.2 Å². The lowest BCUT2D eigenvalue weighted by atomic mass is 10.1. The van der Waals surface area contributed by atoms with Crippen molar-refractivity contribution in [2.45, 2.75) is 18.9 Å². The monoisotopic (exact) mass is 386 g/mol. The first-order valence-electron chi connectivity index (χ1n) is 7.32. The number of methoxy groups -OCH3 is 1. The van der Waals surface area contributed by atoms with Crippen molar-refractivity contribution >= 4 is 27.5 Å². The third kappa shape index (κ3) is 2.93. The van der Waals surface area contributed by atoms with Gasteiger partial charge in [-0.2, -0.15) is 5.26 Å². The molecule has 0 radical (unpaired) electrons. The van der Waals surface area contributed by atoms with Gasteiger partial charge in [0.15, 0.2) is 0 Å². The normalized spacial score (nSPS) is 15.5. The van der Waals surface area contributed by atoms with Crippen LogP contribution in [-0.2, 0) is 11.2 Å². The summed E-state index contributed by atoms with van der Waals surface area (Å²) in [5.74, 6) is 0.588. The summed E-state index contributed by atoms with van der Waals surface area (Å²) in [4.78, 5) is 4.47. The van der Waals surface area contributed by atoms with Crippen LogP contribution in [0.5, 0.6) is 5.75 Å². The van der Waals surface area contributed by atoms with E-state index in [4.69, 9.17) is 25.9 Å². The zero-order chi connectivity index (χ0) is 17.3. The summed E-state index contributed by atoms with van der Waals surface area (Å²) in [5.41, 5.74) is 9.21. The molecule has 0 spiro atoms. The van der Waals surface area contributed by atoms with Crippen LogP contribution in [0.4, 0.5) is 5.69 Å². The van der Waals surface area contributed by atoms with Crippen molar-refractivity contribution in [3.63, 3.8) is 0 Å². The van der Waals surface area contributed by atoms with Crippen molar-refractivity contribution in [1.29, 1.82) is 10.7 Å². The van der Waals surface area contributed by atoms with Gasteiger partial charge in [0.25, 0.3) is 0 Å². The highest BCUT2D eigenvalue weighted by Gasteiger charge is 2.27. The van der Waals surface area contributed by atoms with Gasteiger partial charge in [0.1, 0.15) is 22.5 Å². The second kappa shape index (κ2) is 6.49. The lowest BCUT2D eigenvalue weighted by Crippen LogP contribution is -2.09. The number of benzene rings is 1. The molecule has 0 saturated carbocycles. The van der Waals surface area contributed by atoms with Gasteiger partial charge in [0, 0.05) is 5.69 Å². The minimum atomic E-state index is -0.197. The zero-order valence-corrected chi connectivity index (χ0v) is 14.6. The Bertz CT molecular complexity index is 860. The number of ether oxygens (including phenoxy) is 2. The molecule has 1 aliphatic carbocycles. The van der Waals surface area contributed by atoms with Gasteiger partial charge in [-0.1, -0.05) is 0 Å². The summed E-state index contributed by atoms with van der Waals surface area (Å²) >= 11 is 3.32. The number of halogens is 1. The number of nitrogens with one attached hydrogen (secondary N) is 1. The minimum Gasteiger partial charge on any atom is -0.484 e. The van der Waals surface area contributed by atoms with Gasteiger partial charge in [-0.15, -0.1) is 0 Å². The van der Waals surface area contributed by atoms with E-state index in [1.807, 2.05) is 6.07 Å². The molecule has 1 aromatic carbocycles. The molecule has 1 heterocycles. The van der Waals surface area contributed by atoms with Gasteiger partial charge in [0.2, 0.25) is 5.90 Å². The van der Waals surface area contributed by atoms with Crippen LogP contribution in [0.15, 0.2) is 28.9 Å². The van der Waals surface area contributed by atoms with Crippen molar-refractivity contribution in [3.8, 4) is 11.8 Å². The molecule has 3 rings (SSSR count). The second-order valence-electron chi connectivity index (χ2n) is 5.41. The van der Waals surface area contributed by atoms with E-state index in [2.05, 4.69) is 27.0 Å². The number of anilines is 1. The minimum absolute atomic E-state index is 0.00990. The van der Waals surface area contributed by atoms with Crippen molar-refractivity contribution < 1.29 is 9.47 Å². The van der Waals surface area contributed by atoms with Crippen molar-refractivity contribution in [2.24, 2.45) is 0 Å².